The Bertz CT molecular complexity index is 1240. The van der Waals surface area contributed by atoms with Gasteiger partial charge in [0, 0.05) is 10.9 Å². The number of carbonyl (C=O) groups is 2. The van der Waals surface area contributed by atoms with Crippen LogP contribution in [0.1, 0.15) is 54.4 Å². The van der Waals surface area contributed by atoms with Crippen LogP contribution in [-0.4, -0.2) is 36.1 Å². The summed E-state index contributed by atoms with van der Waals surface area (Å²) in [5.41, 5.74) is 4.62. The molecule has 4 rings (SSSR count). The standard InChI is InChI=1S/C27H28N2O4/c1-27(2,3)29-23(30)16-33-26(31)24-20-7-5-6-8-22(20)28-25-18(11-14-21(24)25)15-17-9-12-19(32-4)13-10-17/h5-10,12-13,15H,11,14,16H2,1-4H3,(H,29,30)/b18-15+. The molecule has 0 atom stereocenters. The highest BCUT2D eigenvalue weighted by atomic mass is 16.5. The number of nitrogens with zero attached hydrogens (tertiary/aromatic N) is 1. The molecule has 170 valence electrons. The molecule has 0 fully saturated rings. The Morgan fingerprint density at radius 2 is 1.79 bits per heavy atom. The maximum atomic E-state index is 13.2. The van der Waals surface area contributed by atoms with Gasteiger partial charge in [-0.25, -0.2) is 9.78 Å². The number of benzene rings is 2. The van der Waals surface area contributed by atoms with E-state index in [4.69, 9.17) is 14.5 Å². The summed E-state index contributed by atoms with van der Waals surface area (Å²) < 4.78 is 10.7. The molecule has 1 heterocycles. The summed E-state index contributed by atoms with van der Waals surface area (Å²) in [6, 6.07) is 15.4. The molecular formula is C27H28N2O4. The fourth-order valence-corrected chi connectivity index (χ4v) is 4.07. The predicted molar refractivity (Wildman–Crippen MR) is 129 cm³/mol. The zero-order valence-corrected chi connectivity index (χ0v) is 19.4. The van der Waals surface area contributed by atoms with Crippen molar-refractivity contribution in [2.24, 2.45) is 0 Å². The molecule has 1 aliphatic rings. The summed E-state index contributed by atoms with van der Waals surface area (Å²) in [6.45, 7) is 5.32. The van der Waals surface area contributed by atoms with Gasteiger partial charge in [0.2, 0.25) is 0 Å². The van der Waals surface area contributed by atoms with Gasteiger partial charge in [0.25, 0.3) is 5.91 Å². The Kier molecular flexibility index (Phi) is 6.18. The highest BCUT2D eigenvalue weighted by Crippen LogP contribution is 2.37. The van der Waals surface area contributed by atoms with E-state index in [1.807, 2.05) is 69.3 Å². The van der Waals surface area contributed by atoms with Crippen LogP contribution in [0.5, 0.6) is 5.75 Å². The third-order valence-electron chi connectivity index (χ3n) is 5.45. The SMILES string of the molecule is COc1ccc(/C=C2\CCc3c2nc2ccccc2c3C(=O)OCC(=O)NC(C)(C)C)cc1. The first kappa shape index (κ1) is 22.5. The summed E-state index contributed by atoms with van der Waals surface area (Å²) >= 11 is 0. The van der Waals surface area contributed by atoms with E-state index < -0.39 is 11.5 Å². The molecule has 1 N–H and O–H groups in total. The minimum atomic E-state index is -0.500. The Hall–Kier alpha value is -3.67. The molecule has 0 spiro atoms. The first-order valence-corrected chi connectivity index (χ1v) is 11.0. The van der Waals surface area contributed by atoms with Gasteiger partial charge < -0.3 is 14.8 Å². The molecule has 1 aliphatic carbocycles. The van der Waals surface area contributed by atoms with Crippen molar-refractivity contribution < 1.29 is 19.1 Å². The second kappa shape index (κ2) is 9.06. The van der Waals surface area contributed by atoms with Crippen LogP contribution in [0.25, 0.3) is 22.6 Å². The van der Waals surface area contributed by atoms with E-state index in [-0.39, 0.29) is 12.5 Å². The van der Waals surface area contributed by atoms with Gasteiger partial charge in [-0.05, 0) is 74.6 Å². The first-order valence-electron chi connectivity index (χ1n) is 11.0. The third kappa shape index (κ3) is 5.06. The molecule has 1 aromatic heterocycles. The van der Waals surface area contributed by atoms with Gasteiger partial charge in [-0.1, -0.05) is 30.3 Å². The number of aromatic nitrogens is 1. The van der Waals surface area contributed by atoms with E-state index in [1.54, 1.807) is 7.11 Å². The number of hydrogen-bond donors (Lipinski definition) is 1. The van der Waals surface area contributed by atoms with E-state index >= 15 is 0 Å². The zero-order valence-electron chi connectivity index (χ0n) is 19.4. The molecular weight excluding hydrogens is 416 g/mol. The van der Waals surface area contributed by atoms with Gasteiger partial charge in [0.05, 0.1) is 23.9 Å². The molecule has 0 aliphatic heterocycles. The summed E-state index contributed by atoms with van der Waals surface area (Å²) in [4.78, 5) is 30.2. The normalized spacial score (nSPS) is 14.2. The molecule has 1 amide bonds. The van der Waals surface area contributed by atoms with E-state index in [2.05, 4.69) is 11.4 Å². The summed E-state index contributed by atoms with van der Waals surface area (Å²) in [6.07, 6.45) is 3.56. The molecule has 0 unspecified atom stereocenters. The number of carbonyl (C=O) groups excluding carboxylic acids is 2. The van der Waals surface area contributed by atoms with Crippen molar-refractivity contribution in [2.75, 3.05) is 13.7 Å². The van der Waals surface area contributed by atoms with Crippen molar-refractivity contribution in [3.8, 4) is 5.75 Å². The van der Waals surface area contributed by atoms with Crippen molar-refractivity contribution in [1.29, 1.82) is 0 Å². The van der Waals surface area contributed by atoms with Crippen molar-refractivity contribution in [3.63, 3.8) is 0 Å². The highest BCUT2D eigenvalue weighted by molar-refractivity contribution is 6.07. The number of esters is 1. The maximum absolute atomic E-state index is 13.2. The predicted octanol–water partition coefficient (Wildman–Crippen LogP) is 4.80. The number of para-hydroxylation sites is 1. The van der Waals surface area contributed by atoms with Crippen molar-refractivity contribution in [2.45, 2.75) is 39.2 Å². The summed E-state index contributed by atoms with van der Waals surface area (Å²) in [7, 11) is 1.64. The number of allylic oxidation sites excluding steroid dienone is 1. The number of nitrogens with one attached hydrogen (secondary N) is 1. The number of ether oxygens (including phenoxy) is 2. The number of methoxy groups -OCH3 is 1. The Morgan fingerprint density at radius 1 is 1.06 bits per heavy atom. The van der Waals surface area contributed by atoms with Crippen LogP contribution in [0, 0.1) is 0 Å². The molecule has 0 radical (unpaired) electrons. The van der Waals surface area contributed by atoms with E-state index in [1.165, 1.54) is 0 Å². The first-order chi connectivity index (χ1) is 15.7. The lowest BCUT2D eigenvalue weighted by Gasteiger charge is -2.20. The number of fused-ring (bicyclic) bond motifs is 2. The zero-order chi connectivity index (χ0) is 23.6. The lowest BCUT2D eigenvalue weighted by atomic mass is 10.0. The average Bonchev–Trinajstić information content (AvgIpc) is 3.17. The van der Waals surface area contributed by atoms with Gasteiger partial charge in [-0.15, -0.1) is 0 Å². The van der Waals surface area contributed by atoms with Crippen LogP contribution in [0.3, 0.4) is 0 Å². The Morgan fingerprint density at radius 3 is 2.48 bits per heavy atom. The minimum absolute atomic E-state index is 0.323. The van der Waals surface area contributed by atoms with Gasteiger partial charge in [0.1, 0.15) is 5.75 Å². The lowest BCUT2D eigenvalue weighted by molar-refractivity contribution is -0.125. The summed E-state index contributed by atoms with van der Waals surface area (Å²) in [5, 5.41) is 3.55. The topological polar surface area (TPSA) is 77.5 Å². The van der Waals surface area contributed by atoms with Gasteiger partial charge >= 0.3 is 5.97 Å². The highest BCUT2D eigenvalue weighted by Gasteiger charge is 2.28. The maximum Gasteiger partial charge on any atom is 0.339 e. The lowest BCUT2D eigenvalue weighted by Crippen LogP contribution is -2.42. The van der Waals surface area contributed by atoms with Crippen molar-refractivity contribution >= 4 is 34.4 Å². The third-order valence-corrected chi connectivity index (χ3v) is 5.45. The molecule has 6 heteroatoms. The quantitative estimate of drug-likeness (QED) is 0.572. The molecule has 0 saturated carbocycles. The average molecular weight is 445 g/mol. The van der Waals surface area contributed by atoms with Crippen LogP contribution >= 0.6 is 0 Å². The van der Waals surface area contributed by atoms with E-state index in [0.717, 1.165) is 45.5 Å². The Labute approximate surface area is 193 Å². The van der Waals surface area contributed by atoms with E-state index in [0.29, 0.717) is 12.0 Å². The summed E-state index contributed by atoms with van der Waals surface area (Å²) in [5.74, 6) is -0.0285. The number of amides is 1. The van der Waals surface area contributed by atoms with Crippen LogP contribution in [0.4, 0.5) is 0 Å². The second-order valence-electron chi connectivity index (χ2n) is 9.15. The van der Waals surface area contributed by atoms with Crippen LogP contribution in [0.2, 0.25) is 0 Å². The fraction of sp³-hybridized carbons (Fsp3) is 0.296. The molecule has 6 nitrogen and oxygen atoms in total. The minimum Gasteiger partial charge on any atom is -0.497 e. The van der Waals surface area contributed by atoms with E-state index in [9.17, 15) is 9.59 Å². The fourth-order valence-electron chi connectivity index (χ4n) is 4.07. The largest absolute Gasteiger partial charge is 0.497 e. The van der Waals surface area contributed by atoms with Crippen LogP contribution in [-0.2, 0) is 16.0 Å². The van der Waals surface area contributed by atoms with Gasteiger partial charge in [0.15, 0.2) is 6.61 Å². The van der Waals surface area contributed by atoms with Crippen molar-refractivity contribution in [3.05, 3.63) is 70.9 Å². The van der Waals surface area contributed by atoms with Crippen LogP contribution < -0.4 is 10.1 Å². The molecule has 0 saturated heterocycles. The smallest absolute Gasteiger partial charge is 0.339 e. The Balaban J connectivity index is 1.68. The second-order valence-corrected chi connectivity index (χ2v) is 9.15. The molecule has 2 aromatic carbocycles. The molecule has 0 bridgehead atoms. The molecule has 33 heavy (non-hydrogen) atoms. The van der Waals surface area contributed by atoms with Crippen LogP contribution in [0.15, 0.2) is 48.5 Å². The van der Waals surface area contributed by atoms with Gasteiger partial charge in [-0.2, -0.15) is 0 Å². The molecule has 3 aromatic rings. The monoisotopic (exact) mass is 444 g/mol. The van der Waals surface area contributed by atoms with Gasteiger partial charge in [-0.3, -0.25) is 4.79 Å². The van der Waals surface area contributed by atoms with Crippen molar-refractivity contribution in [1.82, 2.24) is 10.3 Å². The number of rotatable bonds is 5. The number of hydrogen-bond acceptors (Lipinski definition) is 5. The number of pyridine rings is 1.